The fraction of sp³-hybridized carbons (Fsp3) is 0.647. The number of ether oxygens (including phenoxy) is 1. The molecule has 1 saturated carbocycles. The minimum Gasteiger partial charge on any atom is -0.465 e. The van der Waals surface area contributed by atoms with Gasteiger partial charge in [0.1, 0.15) is 4.88 Å². The van der Waals surface area contributed by atoms with Gasteiger partial charge in [0.2, 0.25) is 5.91 Å². The Morgan fingerprint density at radius 3 is 2.31 bits per heavy atom. The highest BCUT2D eigenvalue weighted by Gasteiger charge is 2.43. The summed E-state index contributed by atoms with van der Waals surface area (Å²) in [6.07, 6.45) is -3.84. The fourth-order valence-corrected chi connectivity index (χ4v) is 5.04. The Morgan fingerprint density at radius 1 is 1.27 bits per heavy atom. The van der Waals surface area contributed by atoms with Crippen molar-refractivity contribution in [2.45, 2.75) is 51.7 Å². The number of carbonyl (C=O) groups is 2. The highest BCUT2D eigenvalue weighted by atomic mass is 127. The SMILES string of the molecule is COC(=O)c1sc(I)cc1N(C(=O)[C@H]1CC[C@H](C(F)(F)F)CC1)C(C)C. The van der Waals surface area contributed by atoms with Gasteiger partial charge in [-0.05, 0) is 68.2 Å². The maximum atomic E-state index is 13.1. The van der Waals surface area contributed by atoms with Crippen LogP contribution in [0.3, 0.4) is 0 Å². The fourth-order valence-electron chi connectivity index (χ4n) is 3.29. The second-order valence-corrected chi connectivity index (χ2v) is 9.59. The third kappa shape index (κ3) is 4.71. The lowest BCUT2D eigenvalue weighted by atomic mass is 9.81. The first-order chi connectivity index (χ1) is 12.1. The van der Waals surface area contributed by atoms with Gasteiger partial charge in [-0.15, -0.1) is 11.3 Å². The number of anilines is 1. The molecule has 0 bridgehead atoms. The van der Waals surface area contributed by atoms with Crippen LogP contribution in [0.2, 0.25) is 0 Å². The largest absolute Gasteiger partial charge is 0.465 e. The van der Waals surface area contributed by atoms with Crippen LogP contribution in [-0.4, -0.2) is 31.2 Å². The van der Waals surface area contributed by atoms with E-state index in [0.717, 1.165) is 2.88 Å². The van der Waals surface area contributed by atoms with Gasteiger partial charge >= 0.3 is 12.1 Å². The van der Waals surface area contributed by atoms with Gasteiger partial charge in [-0.25, -0.2) is 4.79 Å². The van der Waals surface area contributed by atoms with E-state index >= 15 is 0 Å². The number of esters is 1. The molecular weight excluding hydrogens is 482 g/mol. The van der Waals surface area contributed by atoms with Crippen molar-refractivity contribution < 1.29 is 27.5 Å². The normalized spacial score (nSPS) is 20.9. The van der Waals surface area contributed by atoms with Crippen molar-refractivity contribution in [1.82, 2.24) is 0 Å². The number of nitrogens with zero attached hydrogens (tertiary/aromatic N) is 1. The van der Waals surface area contributed by atoms with E-state index in [4.69, 9.17) is 4.74 Å². The molecule has 0 saturated heterocycles. The summed E-state index contributed by atoms with van der Waals surface area (Å²) in [7, 11) is 1.28. The van der Waals surface area contributed by atoms with Crippen molar-refractivity contribution in [1.29, 1.82) is 0 Å². The first-order valence-corrected chi connectivity index (χ1v) is 10.2. The average Bonchev–Trinajstić information content (AvgIpc) is 2.94. The van der Waals surface area contributed by atoms with E-state index in [9.17, 15) is 22.8 Å². The number of rotatable bonds is 4. The highest BCUT2D eigenvalue weighted by molar-refractivity contribution is 14.1. The number of hydrogen-bond donors (Lipinski definition) is 0. The number of carbonyl (C=O) groups excluding carboxylic acids is 2. The maximum absolute atomic E-state index is 13.1. The molecule has 26 heavy (non-hydrogen) atoms. The molecule has 0 unspecified atom stereocenters. The van der Waals surface area contributed by atoms with E-state index in [2.05, 4.69) is 22.6 Å². The molecule has 1 aromatic rings. The van der Waals surface area contributed by atoms with Crippen molar-refractivity contribution in [2.24, 2.45) is 11.8 Å². The first kappa shape index (κ1) is 21.5. The summed E-state index contributed by atoms with van der Waals surface area (Å²) in [5, 5.41) is 0. The van der Waals surface area contributed by atoms with Crippen LogP contribution in [0.15, 0.2) is 6.07 Å². The van der Waals surface area contributed by atoms with Gasteiger partial charge in [0.05, 0.1) is 21.6 Å². The van der Waals surface area contributed by atoms with Gasteiger partial charge in [0, 0.05) is 12.0 Å². The molecule has 2 rings (SSSR count). The molecule has 146 valence electrons. The van der Waals surface area contributed by atoms with Crippen LogP contribution in [0.4, 0.5) is 18.9 Å². The molecule has 4 nitrogen and oxygen atoms in total. The van der Waals surface area contributed by atoms with E-state index in [-0.39, 0.29) is 37.6 Å². The predicted octanol–water partition coefficient (Wildman–Crippen LogP) is 5.25. The topological polar surface area (TPSA) is 46.6 Å². The summed E-state index contributed by atoms with van der Waals surface area (Å²) in [6, 6.07) is 1.52. The monoisotopic (exact) mass is 503 g/mol. The van der Waals surface area contributed by atoms with E-state index in [0.29, 0.717) is 10.6 Å². The van der Waals surface area contributed by atoms with Gasteiger partial charge in [-0.2, -0.15) is 13.2 Å². The molecule has 0 aliphatic heterocycles. The number of thiophene rings is 1. The van der Waals surface area contributed by atoms with Crippen LogP contribution in [-0.2, 0) is 9.53 Å². The van der Waals surface area contributed by atoms with Crippen molar-refractivity contribution in [2.75, 3.05) is 12.0 Å². The zero-order chi connectivity index (χ0) is 19.6. The Bertz CT molecular complexity index is 667. The lowest BCUT2D eigenvalue weighted by Gasteiger charge is -2.34. The Hall–Kier alpha value is -0.840. The van der Waals surface area contributed by atoms with Crippen molar-refractivity contribution in [3.05, 3.63) is 13.8 Å². The molecular formula is C17H21F3INO3S. The summed E-state index contributed by atoms with van der Waals surface area (Å²) in [6.45, 7) is 3.65. The third-order valence-corrected chi connectivity index (χ3v) is 6.47. The van der Waals surface area contributed by atoms with Gasteiger partial charge in [-0.3, -0.25) is 4.79 Å². The molecule has 0 aromatic carbocycles. The van der Waals surface area contributed by atoms with E-state index in [1.54, 1.807) is 6.07 Å². The lowest BCUT2D eigenvalue weighted by molar-refractivity contribution is -0.184. The summed E-state index contributed by atoms with van der Waals surface area (Å²) in [5.74, 6) is -2.53. The highest BCUT2D eigenvalue weighted by Crippen LogP contribution is 2.41. The molecule has 1 aliphatic carbocycles. The molecule has 0 N–H and O–H groups in total. The van der Waals surface area contributed by atoms with Gasteiger partial charge in [-0.1, -0.05) is 0 Å². The number of amides is 1. The molecule has 1 aromatic heterocycles. The Labute approximate surface area is 168 Å². The second-order valence-electron chi connectivity index (χ2n) is 6.65. The number of methoxy groups -OCH3 is 1. The smallest absolute Gasteiger partial charge is 0.391 e. The summed E-state index contributed by atoms with van der Waals surface area (Å²) < 4.78 is 44.2. The summed E-state index contributed by atoms with van der Waals surface area (Å²) in [5.41, 5.74) is 0.476. The predicted molar refractivity (Wildman–Crippen MR) is 103 cm³/mol. The zero-order valence-corrected chi connectivity index (χ0v) is 17.7. The van der Waals surface area contributed by atoms with Crippen molar-refractivity contribution in [3.8, 4) is 0 Å². The summed E-state index contributed by atoms with van der Waals surface area (Å²) in [4.78, 5) is 27.0. The van der Waals surface area contributed by atoms with Crippen LogP contribution in [0, 0.1) is 14.7 Å². The third-order valence-electron chi connectivity index (χ3n) is 4.61. The standard InChI is InChI=1S/C17H21F3INO3S/c1-9(2)22(12-8-13(21)26-14(12)16(24)25-3)15(23)10-4-6-11(7-5-10)17(18,19)20/h8-11H,4-7H2,1-3H3/t10-,11-. The minimum atomic E-state index is -4.20. The molecule has 9 heteroatoms. The van der Waals surface area contributed by atoms with E-state index in [1.165, 1.54) is 23.3 Å². The second kappa shape index (κ2) is 8.45. The van der Waals surface area contributed by atoms with Crippen LogP contribution in [0.1, 0.15) is 49.2 Å². The molecule has 0 atom stereocenters. The average molecular weight is 503 g/mol. The van der Waals surface area contributed by atoms with Gasteiger partial charge in [0.25, 0.3) is 0 Å². The quantitative estimate of drug-likeness (QED) is 0.417. The number of alkyl halides is 3. The Kier molecular flexibility index (Phi) is 6.98. The van der Waals surface area contributed by atoms with E-state index < -0.39 is 24.0 Å². The van der Waals surface area contributed by atoms with Crippen LogP contribution >= 0.6 is 33.9 Å². The molecule has 1 amide bonds. The van der Waals surface area contributed by atoms with Crippen molar-refractivity contribution >= 4 is 51.5 Å². The lowest BCUT2D eigenvalue weighted by Crippen LogP contribution is -2.43. The molecule has 1 fully saturated rings. The van der Waals surface area contributed by atoms with Crippen LogP contribution < -0.4 is 4.90 Å². The van der Waals surface area contributed by atoms with Crippen LogP contribution in [0.5, 0.6) is 0 Å². The molecule has 0 spiro atoms. The molecule has 1 aliphatic rings. The first-order valence-electron chi connectivity index (χ1n) is 8.33. The Morgan fingerprint density at radius 2 is 1.85 bits per heavy atom. The number of halogens is 4. The molecule has 0 radical (unpaired) electrons. The minimum absolute atomic E-state index is 0.0309. The maximum Gasteiger partial charge on any atom is 0.391 e. The van der Waals surface area contributed by atoms with Gasteiger partial charge in [0.15, 0.2) is 0 Å². The van der Waals surface area contributed by atoms with Crippen LogP contribution in [0.25, 0.3) is 0 Å². The zero-order valence-electron chi connectivity index (χ0n) is 14.7. The Balaban J connectivity index is 2.24. The summed E-state index contributed by atoms with van der Waals surface area (Å²) >= 11 is 3.30. The van der Waals surface area contributed by atoms with Crippen molar-refractivity contribution in [3.63, 3.8) is 0 Å². The molecule has 1 heterocycles. The number of hydrogen-bond acceptors (Lipinski definition) is 4. The van der Waals surface area contributed by atoms with Gasteiger partial charge < -0.3 is 9.64 Å². The van der Waals surface area contributed by atoms with E-state index in [1.807, 2.05) is 13.8 Å².